The van der Waals surface area contributed by atoms with Gasteiger partial charge in [-0.2, -0.15) is 0 Å². The molecule has 3 rings (SSSR count). The fourth-order valence-corrected chi connectivity index (χ4v) is 3.17. The zero-order chi connectivity index (χ0) is 16.8. The number of carbonyl (C=O) groups excluding carboxylic acids is 2. The minimum Gasteiger partial charge on any atom is -0.341 e. The van der Waals surface area contributed by atoms with E-state index in [2.05, 4.69) is 17.4 Å². The van der Waals surface area contributed by atoms with Crippen molar-refractivity contribution in [3.63, 3.8) is 0 Å². The minimum atomic E-state index is 0.00350. The molecule has 0 atom stereocenters. The molecule has 5 heteroatoms. The highest BCUT2D eigenvalue weighted by Gasteiger charge is 2.34. The number of hydrogen-bond donors (Lipinski definition) is 1. The topological polar surface area (TPSA) is 52.7 Å². The summed E-state index contributed by atoms with van der Waals surface area (Å²) in [5.74, 6) is 0.559. The summed E-state index contributed by atoms with van der Waals surface area (Å²) in [7, 11) is 0. The van der Waals surface area contributed by atoms with Crippen LogP contribution in [0.25, 0.3) is 0 Å². The van der Waals surface area contributed by atoms with Gasteiger partial charge in [-0.05, 0) is 37.7 Å². The summed E-state index contributed by atoms with van der Waals surface area (Å²) in [5, 5.41) is 3.01. The number of carbonyl (C=O) groups is 2. The third-order valence-corrected chi connectivity index (χ3v) is 4.78. The summed E-state index contributed by atoms with van der Waals surface area (Å²) in [6, 6.07) is 10.3. The van der Waals surface area contributed by atoms with E-state index in [0.29, 0.717) is 25.5 Å². The van der Waals surface area contributed by atoms with Gasteiger partial charge in [0.05, 0.1) is 0 Å². The number of urea groups is 1. The third-order valence-electron chi connectivity index (χ3n) is 4.78. The van der Waals surface area contributed by atoms with Gasteiger partial charge in [0.15, 0.2) is 0 Å². The van der Waals surface area contributed by atoms with E-state index in [4.69, 9.17) is 0 Å². The molecule has 2 fully saturated rings. The molecule has 0 spiro atoms. The Kier molecular flexibility index (Phi) is 5.72. The van der Waals surface area contributed by atoms with Gasteiger partial charge in [-0.25, -0.2) is 4.79 Å². The van der Waals surface area contributed by atoms with Crippen molar-refractivity contribution in [2.75, 3.05) is 32.7 Å². The lowest BCUT2D eigenvalue weighted by Gasteiger charge is -2.22. The number of rotatable bonds is 5. The van der Waals surface area contributed by atoms with Crippen molar-refractivity contribution in [3.05, 3.63) is 35.9 Å². The molecule has 1 N–H and O–H groups in total. The molecule has 1 aliphatic heterocycles. The van der Waals surface area contributed by atoms with Gasteiger partial charge in [-0.1, -0.05) is 30.3 Å². The average Bonchev–Trinajstić information content (AvgIpc) is 3.45. The van der Waals surface area contributed by atoms with Gasteiger partial charge >= 0.3 is 6.03 Å². The zero-order valence-electron chi connectivity index (χ0n) is 14.2. The van der Waals surface area contributed by atoms with E-state index in [0.717, 1.165) is 45.2 Å². The summed E-state index contributed by atoms with van der Waals surface area (Å²) in [4.78, 5) is 28.2. The summed E-state index contributed by atoms with van der Waals surface area (Å²) in [6.45, 7) is 3.52. The Hall–Kier alpha value is -2.04. The van der Waals surface area contributed by atoms with Crippen LogP contribution in [-0.4, -0.2) is 54.5 Å². The first-order valence-electron chi connectivity index (χ1n) is 9.09. The molecule has 2 aliphatic rings. The van der Waals surface area contributed by atoms with Crippen LogP contribution in [0.3, 0.4) is 0 Å². The van der Waals surface area contributed by atoms with Gasteiger partial charge in [-0.15, -0.1) is 0 Å². The Bertz CT molecular complexity index is 557. The van der Waals surface area contributed by atoms with Crippen molar-refractivity contribution in [2.24, 2.45) is 5.92 Å². The number of benzene rings is 1. The molecule has 24 heavy (non-hydrogen) atoms. The van der Waals surface area contributed by atoms with Gasteiger partial charge in [0.25, 0.3) is 0 Å². The summed E-state index contributed by atoms with van der Waals surface area (Å²) in [5.41, 5.74) is 1.30. The predicted molar refractivity (Wildman–Crippen MR) is 93.7 cm³/mol. The van der Waals surface area contributed by atoms with Gasteiger partial charge < -0.3 is 15.1 Å². The second-order valence-electron chi connectivity index (χ2n) is 6.76. The smallest absolute Gasteiger partial charge is 0.317 e. The first kappa shape index (κ1) is 16.8. The minimum absolute atomic E-state index is 0.00350. The van der Waals surface area contributed by atoms with Gasteiger partial charge in [0.1, 0.15) is 0 Å². The molecule has 0 unspecified atom stereocenters. The number of amides is 3. The van der Waals surface area contributed by atoms with Crippen molar-refractivity contribution < 1.29 is 9.59 Å². The predicted octanol–water partition coefficient (Wildman–Crippen LogP) is 2.27. The van der Waals surface area contributed by atoms with E-state index in [1.165, 1.54) is 5.56 Å². The molecule has 0 bridgehead atoms. The van der Waals surface area contributed by atoms with Crippen LogP contribution in [0.4, 0.5) is 4.79 Å². The number of nitrogens with zero attached hydrogens (tertiary/aromatic N) is 2. The maximum absolute atomic E-state index is 12.3. The van der Waals surface area contributed by atoms with Crippen LogP contribution in [0, 0.1) is 5.92 Å². The molecule has 1 aromatic carbocycles. The highest BCUT2D eigenvalue weighted by Crippen LogP contribution is 2.31. The average molecular weight is 329 g/mol. The van der Waals surface area contributed by atoms with Crippen LogP contribution in [0.15, 0.2) is 30.3 Å². The molecule has 1 aliphatic carbocycles. The number of hydrogen-bond acceptors (Lipinski definition) is 2. The molecule has 1 aromatic rings. The lowest BCUT2D eigenvalue weighted by atomic mass is 10.1. The van der Waals surface area contributed by atoms with E-state index in [-0.39, 0.29) is 11.9 Å². The van der Waals surface area contributed by atoms with Crippen LogP contribution in [-0.2, 0) is 11.2 Å². The standard InChI is InChI=1S/C19H27N3O2/c23-18(17-9-10-17)21-12-5-13-22(15-14-21)19(24)20-11-4-8-16-6-2-1-3-7-16/h1-3,6-7,17H,4-5,8-15H2,(H,20,24). The van der Waals surface area contributed by atoms with Gasteiger partial charge in [-0.3, -0.25) is 4.79 Å². The van der Waals surface area contributed by atoms with Crippen LogP contribution in [0.2, 0.25) is 0 Å². The SMILES string of the molecule is O=C(NCCCc1ccccc1)N1CCCN(C(=O)C2CC2)CC1. The molecule has 0 aromatic heterocycles. The summed E-state index contributed by atoms with van der Waals surface area (Å²) < 4.78 is 0. The maximum Gasteiger partial charge on any atom is 0.317 e. The normalized spacial score (nSPS) is 18.2. The fraction of sp³-hybridized carbons (Fsp3) is 0.579. The highest BCUT2D eigenvalue weighted by molar-refractivity contribution is 5.81. The van der Waals surface area contributed by atoms with E-state index < -0.39 is 0 Å². The maximum atomic E-state index is 12.3. The molecule has 3 amide bonds. The van der Waals surface area contributed by atoms with Crippen LogP contribution in [0.1, 0.15) is 31.2 Å². The van der Waals surface area contributed by atoms with Crippen molar-refractivity contribution >= 4 is 11.9 Å². The molecular weight excluding hydrogens is 302 g/mol. The molecule has 0 radical (unpaired) electrons. The Balaban J connectivity index is 1.36. The van der Waals surface area contributed by atoms with Gasteiger partial charge in [0, 0.05) is 38.6 Å². The summed E-state index contributed by atoms with van der Waals surface area (Å²) >= 11 is 0. The van der Waals surface area contributed by atoms with Crippen molar-refractivity contribution in [3.8, 4) is 0 Å². The molecule has 1 saturated heterocycles. The Morgan fingerprint density at radius 1 is 1.00 bits per heavy atom. The van der Waals surface area contributed by atoms with Gasteiger partial charge in [0.2, 0.25) is 5.91 Å². The largest absolute Gasteiger partial charge is 0.341 e. The monoisotopic (exact) mass is 329 g/mol. The third kappa shape index (κ3) is 4.73. The zero-order valence-corrected chi connectivity index (χ0v) is 14.2. The van der Waals surface area contributed by atoms with E-state index in [1.807, 2.05) is 28.0 Å². The van der Waals surface area contributed by atoms with Crippen LogP contribution < -0.4 is 5.32 Å². The first-order valence-corrected chi connectivity index (χ1v) is 9.09. The van der Waals surface area contributed by atoms with Crippen molar-refractivity contribution in [1.82, 2.24) is 15.1 Å². The quantitative estimate of drug-likeness (QED) is 0.843. The second-order valence-corrected chi connectivity index (χ2v) is 6.76. The van der Waals surface area contributed by atoms with Crippen molar-refractivity contribution in [2.45, 2.75) is 32.1 Å². The van der Waals surface area contributed by atoms with Crippen molar-refractivity contribution in [1.29, 1.82) is 0 Å². The molecule has 1 saturated carbocycles. The molecule has 5 nitrogen and oxygen atoms in total. The van der Waals surface area contributed by atoms with E-state index >= 15 is 0 Å². The van der Waals surface area contributed by atoms with E-state index in [1.54, 1.807) is 0 Å². The summed E-state index contributed by atoms with van der Waals surface area (Å²) in [6.07, 6.45) is 4.87. The highest BCUT2D eigenvalue weighted by atomic mass is 16.2. The van der Waals surface area contributed by atoms with Crippen LogP contribution >= 0.6 is 0 Å². The number of aryl methyl sites for hydroxylation is 1. The first-order chi connectivity index (χ1) is 11.7. The molecule has 1 heterocycles. The Morgan fingerprint density at radius 3 is 2.46 bits per heavy atom. The lowest BCUT2D eigenvalue weighted by Crippen LogP contribution is -2.43. The van der Waals surface area contributed by atoms with Crippen LogP contribution in [0.5, 0.6) is 0 Å². The fourth-order valence-electron chi connectivity index (χ4n) is 3.17. The molecular formula is C19H27N3O2. The second kappa shape index (κ2) is 8.18. The molecule has 130 valence electrons. The lowest BCUT2D eigenvalue weighted by molar-refractivity contribution is -0.132. The Labute approximate surface area is 144 Å². The van der Waals surface area contributed by atoms with E-state index in [9.17, 15) is 9.59 Å². The Morgan fingerprint density at radius 2 is 1.71 bits per heavy atom. The number of nitrogens with one attached hydrogen (secondary N) is 1.